The summed E-state index contributed by atoms with van der Waals surface area (Å²) in [6.07, 6.45) is 2.53. The summed E-state index contributed by atoms with van der Waals surface area (Å²) in [5.74, 6) is 0.674. The van der Waals surface area contributed by atoms with E-state index in [0.717, 1.165) is 12.8 Å². The van der Waals surface area contributed by atoms with Gasteiger partial charge in [-0.15, -0.1) is 0 Å². The summed E-state index contributed by atoms with van der Waals surface area (Å²) in [5.41, 5.74) is 0. The normalized spacial score (nSPS) is 23.6. The minimum atomic E-state index is -0.383. The topological polar surface area (TPSA) is 49.4 Å². The third kappa shape index (κ3) is 4.02. The summed E-state index contributed by atoms with van der Waals surface area (Å²) in [4.78, 5) is 25.3. The van der Waals surface area contributed by atoms with Crippen molar-refractivity contribution in [2.45, 2.75) is 59.0 Å². The Bertz CT molecular complexity index is 289. The summed E-state index contributed by atoms with van der Waals surface area (Å²) in [7, 11) is 0. The van der Waals surface area contributed by atoms with E-state index in [-0.39, 0.29) is 23.9 Å². The molecule has 1 fully saturated rings. The molecular formula is C13H24N2O2. The van der Waals surface area contributed by atoms with Gasteiger partial charge < -0.3 is 10.2 Å². The molecule has 1 aliphatic heterocycles. The molecule has 0 aliphatic carbocycles. The Balaban J connectivity index is 2.60. The van der Waals surface area contributed by atoms with Crippen molar-refractivity contribution < 1.29 is 9.59 Å². The van der Waals surface area contributed by atoms with Crippen molar-refractivity contribution >= 4 is 11.8 Å². The minimum Gasteiger partial charge on any atom is -0.345 e. The second kappa shape index (κ2) is 6.03. The first-order chi connectivity index (χ1) is 7.91. The summed E-state index contributed by atoms with van der Waals surface area (Å²) in [6, 6.07) is -0.161. The lowest BCUT2D eigenvalue weighted by Gasteiger charge is -2.29. The second-order valence-electron chi connectivity index (χ2n) is 5.39. The van der Waals surface area contributed by atoms with Gasteiger partial charge in [-0.05, 0) is 32.6 Å². The largest absolute Gasteiger partial charge is 0.345 e. The minimum absolute atomic E-state index is 0.0237. The number of amides is 2. The fourth-order valence-corrected chi connectivity index (χ4v) is 2.12. The third-order valence-corrected chi connectivity index (χ3v) is 3.30. The number of carbonyl (C=O) groups is 2. The number of hydrogen-bond donors (Lipinski definition) is 1. The van der Waals surface area contributed by atoms with Gasteiger partial charge in [-0.2, -0.15) is 0 Å². The van der Waals surface area contributed by atoms with Crippen LogP contribution < -0.4 is 5.32 Å². The second-order valence-corrected chi connectivity index (χ2v) is 5.39. The van der Waals surface area contributed by atoms with Crippen molar-refractivity contribution in [2.24, 2.45) is 5.92 Å². The molecule has 2 atom stereocenters. The molecule has 17 heavy (non-hydrogen) atoms. The number of nitrogens with one attached hydrogen (secondary N) is 1. The molecule has 0 bridgehead atoms. The van der Waals surface area contributed by atoms with Crippen LogP contribution >= 0.6 is 0 Å². The van der Waals surface area contributed by atoms with Gasteiger partial charge in [0.2, 0.25) is 11.8 Å². The maximum absolute atomic E-state index is 12.1. The Morgan fingerprint density at radius 3 is 2.53 bits per heavy atom. The molecule has 0 saturated carbocycles. The van der Waals surface area contributed by atoms with E-state index < -0.39 is 0 Å². The van der Waals surface area contributed by atoms with E-state index in [1.165, 1.54) is 0 Å². The fourth-order valence-electron chi connectivity index (χ4n) is 2.12. The average Bonchev–Trinajstić information content (AvgIpc) is 2.36. The number of nitrogens with zero attached hydrogens (tertiary/aromatic N) is 1. The lowest BCUT2D eigenvalue weighted by molar-refractivity contribution is -0.134. The van der Waals surface area contributed by atoms with E-state index in [1.54, 1.807) is 6.92 Å². The van der Waals surface area contributed by atoms with E-state index >= 15 is 0 Å². The monoisotopic (exact) mass is 240 g/mol. The fraction of sp³-hybridized carbons (Fsp3) is 0.846. The highest BCUT2D eigenvalue weighted by Gasteiger charge is 2.29. The van der Waals surface area contributed by atoms with Crippen LogP contribution in [0.2, 0.25) is 0 Å². The molecule has 1 N–H and O–H groups in total. The van der Waals surface area contributed by atoms with E-state index in [1.807, 2.05) is 4.90 Å². The number of carbonyl (C=O) groups excluding carboxylic acids is 2. The predicted octanol–water partition coefficient (Wildman–Crippen LogP) is 1.55. The molecule has 0 aromatic rings. The van der Waals surface area contributed by atoms with E-state index in [0.29, 0.717) is 18.9 Å². The zero-order valence-electron chi connectivity index (χ0n) is 11.3. The smallest absolute Gasteiger partial charge is 0.245 e. The Labute approximate surface area is 104 Å². The van der Waals surface area contributed by atoms with Crippen molar-refractivity contribution in [3.8, 4) is 0 Å². The van der Waals surface area contributed by atoms with Crippen LogP contribution in [0.15, 0.2) is 0 Å². The van der Waals surface area contributed by atoms with Crippen molar-refractivity contribution in [2.75, 3.05) is 6.54 Å². The average molecular weight is 240 g/mol. The van der Waals surface area contributed by atoms with Crippen molar-refractivity contribution in [3.63, 3.8) is 0 Å². The molecule has 0 aromatic heterocycles. The van der Waals surface area contributed by atoms with E-state index in [9.17, 15) is 9.59 Å². The molecule has 1 rings (SSSR count). The first-order valence-electron chi connectivity index (χ1n) is 6.51. The summed E-state index contributed by atoms with van der Waals surface area (Å²) in [5, 5.41) is 2.71. The van der Waals surface area contributed by atoms with Crippen LogP contribution in [0.5, 0.6) is 0 Å². The van der Waals surface area contributed by atoms with Crippen molar-refractivity contribution in [3.05, 3.63) is 0 Å². The Morgan fingerprint density at radius 1 is 1.29 bits per heavy atom. The van der Waals surface area contributed by atoms with Crippen LogP contribution in [0, 0.1) is 5.92 Å². The zero-order chi connectivity index (χ0) is 13.0. The molecule has 0 spiro atoms. The van der Waals surface area contributed by atoms with Crippen LogP contribution in [0.4, 0.5) is 0 Å². The van der Waals surface area contributed by atoms with E-state index in [4.69, 9.17) is 0 Å². The van der Waals surface area contributed by atoms with E-state index in [2.05, 4.69) is 26.1 Å². The summed E-state index contributed by atoms with van der Waals surface area (Å²) in [6.45, 7) is 8.75. The summed E-state index contributed by atoms with van der Waals surface area (Å²) < 4.78 is 0. The van der Waals surface area contributed by atoms with Gasteiger partial charge in [-0.25, -0.2) is 0 Å². The van der Waals surface area contributed by atoms with Gasteiger partial charge in [0.1, 0.15) is 6.04 Å². The van der Waals surface area contributed by atoms with Gasteiger partial charge in [-0.1, -0.05) is 13.8 Å². The number of hydrogen-bond acceptors (Lipinski definition) is 2. The SMILES string of the molecule is CC(C)CCC(C)N1CCC(=O)NC(C)C1=O. The maximum Gasteiger partial charge on any atom is 0.245 e. The predicted molar refractivity (Wildman–Crippen MR) is 67.5 cm³/mol. The highest BCUT2D eigenvalue weighted by Crippen LogP contribution is 2.15. The molecule has 2 unspecified atom stereocenters. The van der Waals surface area contributed by atoms with Crippen LogP contribution in [-0.2, 0) is 9.59 Å². The third-order valence-electron chi connectivity index (χ3n) is 3.30. The molecular weight excluding hydrogens is 216 g/mol. The summed E-state index contributed by atoms with van der Waals surface area (Å²) >= 11 is 0. The highest BCUT2D eigenvalue weighted by atomic mass is 16.2. The van der Waals surface area contributed by atoms with Gasteiger partial charge in [0.15, 0.2) is 0 Å². The van der Waals surface area contributed by atoms with Crippen molar-refractivity contribution in [1.29, 1.82) is 0 Å². The van der Waals surface area contributed by atoms with Crippen LogP contribution in [0.25, 0.3) is 0 Å². The molecule has 0 radical (unpaired) electrons. The highest BCUT2D eigenvalue weighted by molar-refractivity contribution is 5.89. The molecule has 0 aromatic carbocycles. The molecule has 4 heteroatoms. The van der Waals surface area contributed by atoms with Crippen molar-refractivity contribution in [1.82, 2.24) is 10.2 Å². The molecule has 2 amide bonds. The zero-order valence-corrected chi connectivity index (χ0v) is 11.3. The molecule has 4 nitrogen and oxygen atoms in total. The molecule has 1 heterocycles. The van der Waals surface area contributed by atoms with Crippen LogP contribution in [-0.4, -0.2) is 35.3 Å². The standard InChI is InChI=1S/C13H24N2O2/c1-9(2)5-6-10(3)15-8-7-12(16)14-11(4)13(15)17/h9-11H,5-8H2,1-4H3,(H,14,16). The molecule has 1 saturated heterocycles. The first-order valence-corrected chi connectivity index (χ1v) is 6.51. The Morgan fingerprint density at radius 2 is 1.94 bits per heavy atom. The number of rotatable bonds is 4. The van der Waals surface area contributed by atoms with Crippen LogP contribution in [0.1, 0.15) is 47.0 Å². The lowest BCUT2D eigenvalue weighted by atomic mass is 10.0. The van der Waals surface area contributed by atoms with Gasteiger partial charge in [0.25, 0.3) is 0 Å². The van der Waals surface area contributed by atoms with Gasteiger partial charge in [-0.3, -0.25) is 9.59 Å². The Kier molecular flexibility index (Phi) is 4.97. The molecule has 1 aliphatic rings. The quantitative estimate of drug-likeness (QED) is 0.810. The van der Waals surface area contributed by atoms with Gasteiger partial charge in [0, 0.05) is 19.0 Å². The first kappa shape index (κ1) is 14.0. The lowest BCUT2D eigenvalue weighted by Crippen LogP contribution is -2.46. The molecule has 98 valence electrons. The Hall–Kier alpha value is -1.06. The van der Waals surface area contributed by atoms with Gasteiger partial charge >= 0.3 is 0 Å². The van der Waals surface area contributed by atoms with Gasteiger partial charge in [0.05, 0.1) is 0 Å². The van der Waals surface area contributed by atoms with Crippen LogP contribution in [0.3, 0.4) is 0 Å². The maximum atomic E-state index is 12.1.